The molecule has 0 aliphatic heterocycles. The average molecular weight is 238 g/mol. The third-order valence-electron chi connectivity index (χ3n) is 3.28. The van der Waals surface area contributed by atoms with Gasteiger partial charge in [-0.3, -0.25) is 4.39 Å². The largest absolute Gasteiger partial charge is 0.403 e. The Morgan fingerprint density at radius 1 is 1.00 bits per heavy atom. The van der Waals surface area contributed by atoms with E-state index in [4.69, 9.17) is 0 Å². The van der Waals surface area contributed by atoms with Crippen LogP contribution in [0.3, 0.4) is 0 Å². The van der Waals surface area contributed by atoms with Crippen LogP contribution >= 0.6 is 0 Å². The Balaban J connectivity index is 3.17. The molecule has 0 radical (unpaired) electrons. The second-order valence-electron chi connectivity index (χ2n) is 3.85. The van der Waals surface area contributed by atoms with Crippen LogP contribution < -0.4 is 0 Å². The fraction of sp³-hybridized carbons (Fsp3) is 1.00. The van der Waals surface area contributed by atoms with Gasteiger partial charge < -0.3 is 0 Å². The molecule has 1 fully saturated rings. The van der Waals surface area contributed by atoms with Gasteiger partial charge in [-0.1, -0.05) is 6.92 Å². The van der Waals surface area contributed by atoms with E-state index in [0.29, 0.717) is 0 Å². The van der Waals surface area contributed by atoms with Gasteiger partial charge in [0.25, 0.3) is 0 Å². The summed E-state index contributed by atoms with van der Waals surface area (Å²) in [6.45, 7) is -0.457. The first-order valence-electron chi connectivity index (χ1n) is 4.27. The number of rotatable bonds is 2. The van der Waals surface area contributed by atoms with Gasteiger partial charge in [0.15, 0.2) is 5.41 Å². The molecule has 1 aliphatic rings. The maximum atomic E-state index is 12.4. The predicted octanol–water partition coefficient (Wildman–Crippen LogP) is 3.87. The molecule has 0 aromatic carbocycles. The van der Waals surface area contributed by atoms with Crippen molar-refractivity contribution in [3.8, 4) is 0 Å². The standard InChI is InChI=1S/C8H9F7/c1-2-5(4-9)3-6(5,7(10,11)12)8(13,14)15/h2-4H2,1H3. The molecule has 1 rings (SSSR count). The van der Waals surface area contributed by atoms with Crippen LogP contribution in [0.25, 0.3) is 0 Å². The Kier molecular flexibility index (Phi) is 2.52. The molecule has 0 bridgehead atoms. The second-order valence-corrected chi connectivity index (χ2v) is 3.85. The van der Waals surface area contributed by atoms with E-state index in [1.54, 1.807) is 0 Å². The molecule has 90 valence electrons. The van der Waals surface area contributed by atoms with E-state index in [1.165, 1.54) is 0 Å². The number of hydrogen-bond donors (Lipinski definition) is 0. The monoisotopic (exact) mass is 238 g/mol. The van der Waals surface area contributed by atoms with Crippen LogP contribution in [-0.4, -0.2) is 19.0 Å². The molecule has 0 aromatic rings. The van der Waals surface area contributed by atoms with Crippen LogP contribution in [0.1, 0.15) is 19.8 Å². The molecule has 0 N–H and O–H groups in total. The summed E-state index contributed by atoms with van der Waals surface area (Å²) in [5.74, 6) is 0. The molecule has 0 nitrogen and oxygen atoms in total. The Morgan fingerprint density at radius 2 is 1.40 bits per heavy atom. The molecule has 1 atom stereocenters. The van der Waals surface area contributed by atoms with Crippen LogP contribution in [0, 0.1) is 10.8 Å². The van der Waals surface area contributed by atoms with Gasteiger partial charge in [-0.25, -0.2) is 0 Å². The van der Waals surface area contributed by atoms with Crippen LogP contribution in [0.15, 0.2) is 0 Å². The molecule has 0 saturated heterocycles. The number of hydrogen-bond acceptors (Lipinski definition) is 0. The van der Waals surface area contributed by atoms with Gasteiger partial charge in [-0.15, -0.1) is 0 Å². The topological polar surface area (TPSA) is 0 Å². The van der Waals surface area contributed by atoms with E-state index in [9.17, 15) is 30.7 Å². The highest BCUT2D eigenvalue weighted by molar-refractivity contribution is 5.21. The van der Waals surface area contributed by atoms with Gasteiger partial charge in [0, 0.05) is 5.41 Å². The first-order chi connectivity index (χ1) is 6.58. The van der Waals surface area contributed by atoms with E-state index in [-0.39, 0.29) is 0 Å². The third-order valence-corrected chi connectivity index (χ3v) is 3.28. The molecule has 1 unspecified atom stereocenters. The zero-order chi connectivity index (χ0) is 12.1. The van der Waals surface area contributed by atoms with Crippen LogP contribution in [0.5, 0.6) is 0 Å². The zero-order valence-corrected chi connectivity index (χ0v) is 7.77. The lowest BCUT2D eigenvalue weighted by atomic mass is 9.90. The molecule has 1 saturated carbocycles. The first-order valence-corrected chi connectivity index (χ1v) is 4.27. The Hall–Kier alpha value is -0.490. The molecule has 7 heteroatoms. The van der Waals surface area contributed by atoms with Crippen molar-refractivity contribution in [2.24, 2.45) is 10.8 Å². The minimum atomic E-state index is -5.44. The predicted molar refractivity (Wildman–Crippen MR) is 37.9 cm³/mol. The fourth-order valence-electron chi connectivity index (χ4n) is 2.11. The number of halogens is 7. The lowest BCUT2D eigenvalue weighted by Gasteiger charge is -2.27. The fourth-order valence-corrected chi connectivity index (χ4v) is 2.11. The van der Waals surface area contributed by atoms with Crippen molar-refractivity contribution in [3.05, 3.63) is 0 Å². The summed E-state index contributed by atoms with van der Waals surface area (Å²) < 4.78 is 86.6. The second kappa shape index (κ2) is 3.01. The molecule has 0 heterocycles. The van der Waals surface area contributed by atoms with Crippen LogP contribution in [-0.2, 0) is 0 Å². The van der Waals surface area contributed by atoms with E-state index < -0.39 is 42.7 Å². The zero-order valence-electron chi connectivity index (χ0n) is 7.77. The maximum absolute atomic E-state index is 12.4. The minimum absolute atomic E-state index is 0.470. The third kappa shape index (κ3) is 1.34. The summed E-state index contributed by atoms with van der Waals surface area (Å²) in [6, 6.07) is 0. The molecule has 0 aromatic heterocycles. The summed E-state index contributed by atoms with van der Waals surface area (Å²) in [7, 11) is 0. The van der Waals surface area contributed by atoms with Crippen molar-refractivity contribution in [1.82, 2.24) is 0 Å². The SMILES string of the molecule is CCC1(CF)CC1(C(F)(F)F)C(F)(F)F. The lowest BCUT2D eigenvalue weighted by Crippen LogP contribution is -2.43. The van der Waals surface area contributed by atoms with E-state index >= 15 is 0 Å². The molecule has 1 aliphatic carbocycles. The van der Waals surface area contributed by atoms with E-state index in [0.717, 1.165) is 6.92 Å². The van der Waals surface area contributed by atoms with Gasteiger partial charge >= 0.3 is 12.4 Å². The highest BCUT2D eigenvalue weighted by atomic mass is 19.4. The van der Waals surface area contributed by atoms with Crippen molar-refractivity contribution >= 4 is 0 Å². The quantitative estimate of drug-likeness (QED) is 0.640. The van der Waals surface area contributed by atoms with Gasteiger partial charge in [0.1, 0.15) is 0 Å². The normalized spacial score (nSPS) is 30.4. The van der Waals surface area contributed by atoms with E-state index in [1.807, 2.05) is 0 Å². The summed E-state index contributed by atoms with van der Waals surface area (Å²) in [6.07, 6.45) is -12.5. The van der Waals surface area contributed by atoms with Crippen molar-refractivity contribution < 1.29 is 30.7 Å². The van der Waals surface area contributed by atoms with Crippen molar-refractivity contribution in [2.75, 3.05) is 6.67 Å². The number of alkyl halides is 7. The molecule has 15 heavy (non-hydrogen) atoms. The Labute approximate surface area is 81.4 Å². The van der Waals surface area contributed by atoms with Gasteiger partial charge in [-0.2, -0.15) is 26.3 Å². The van der Waals surface area contributed by atoms with Gasteiger partial charge in [0.05, 0.1) is 6.67 Å². The summed E-state index contributed by atoms with van der Waals surface area (Å²) in [5, 5.41) is 0. The Morgan fingerprint density at radius 3 is 1.47 bits per heavy atom. The Bertz CT molecular complexity index is 231. The van der Waals surface area contributed by atoms with Gasteiger partial charge in [-0.05, 0) is 12.8 Å². The molecular weight excluding hydrogens is 229 g/mol. The summed E-state index contributed by atoms with van der Waals surface area (Å²) in [5.41, 5.74) is -6.14. The van der Waals surface area contributed by atoms with Crippen LogP contribution in [0.2, 0.25) is 0 Å². The maximum Gasteiger partial charge on any atom is 0.403 e. The van der Waals surface area contributed by atoms with Crippen molar-refractivity contribution in [3.63, 3.8) is 0 Å². The highest BCUT2D eigenvalue weighted by Crippen LogP contribution is 2.78. The highest BCUT2D eigenvalue weighted by Gasteiger charge is 2.89. The molecular formula is C8H9F7. The van der Waals surface area contributed by atoms with Gasteiger partial charge in [0.2, 0.25) is 0 Å². The molecule has 0 spiro atoms. The summed E-state index contributed by atoms with van der Waals surface area (Å²) in [4.78, 5) is 0. The lowest BCUT2D eigenvalue weighted by molar-refractivity contribution is -0.313. The average Bonchev–Trinajstić information content (AvgIpc) is 2.73. The molecule has 0 amide bonds. The minimum Gasteiger partial charge on any atom is -0.250 e. The summed E-state index contributed by atoms with van der Waals surface area (Å²) >= 11 is 0. The van der Waals surface area contributed by atoms with Crippen molar-refractivity contribution in [2.45, 2.75) is 32.1 Å². The van der Waals surface area contributed by atoms with E-state index in [2.05, 4.69) is 0 Å². The van der Waals surface area contributed by atoms with Crippen LogP contribution in [0.4, 0.5) is 30.7 Å². The van der Waals surface area contributed by atoms with Crippen molar-refractivity contribution in [1.29, 1.82) is 0 Å². The smallest absolute Gasteiger partial charge is 0.250 e. The first kappa shape index (κ1) is 12.6.